The van der Waals surface area contributed by atoms with Crippen LogP contribution in [0.1, 0.15) is 22.3 Å². The minimum Gasteiger partial charge on any atom is -0.218 e. The average Bonchev–Trinajstić information content (AvgIpc) is 2.30. The molecule has 0 saturated carbocycles. The summed E-state index contributed by atoms with van der Waals surface area (Å²) < 4.78 is 0. The zero-order valence-corrected chi connectivity index (χ0v) is 21.5. The van der Waals surface area contributed by atoms with Crippen molar-refractivity contribution in [3.63, 3.8) is 0 Å². The molecule has 80 valence electrons. The van der Waals surface area contributed by atoms with E-state index < -0.39 is 0 Å². The molecule has 0 radical (unpaired) electrons. The van der Waals surface area contributed by atoms with E-state index in [1.807, 2.05) is 0 Å². The average molecular weight is 378 g/mol. The monoisotopic (exact) mass is 377 g/mol. The van der Waals surface area contributed by atoms with Crippen LogP contribution in [0, 0.1) is 20.4 Å². The van der Waals surface area contributed by atoms with Crippen molar-refractivity contribution in [1.82, 2.24) is 0 Å². The first-order valence-electron chi connectivity index (χ1n) is 5.43. The van der Waals surface area contributed by atoms with Crippen LogP contribution in [0.25, 0.3) is 5.57 Å². The topological polar surface area (TPSA) is 0 Å². The summed E-state index contributed by atoms with van der Waals surface area (Å²) in [5.41, 5.74) is 5.49. The smallest absolute Gasteiger partial charge is 0.218 e. The SMILES string of the molecule is [CH-]=C(c1ccc(C)cc1)c1ccc(C)cc1.[Rb+].[Rb+]. The van der Waals surface area contributed by atoms with E-state index in [1.54, 1.807) is 0 Å². The maximum absolute atomic E-state index is 6.13. The van der Waals surface area contributed by atoms with Crippen LogP contribution >= 0.6 is 0 Å². The van der Waals surface area contributed by atoms with Crippen LogP contribution in [0.5, 0.6) is 0 Å². The molecule has 2 heteroatoms. The van der Waals surface area contributed by atoms with Crippen molar-refractivity contribution in [2.24, 2.45) is 0 Å². The fraction of sp³-hybridized carbons (Fsp3) is 0.125. The second kappa shape index (κ2) is 9.68. The molecule has 0 saturated heterocycles. The number of aryl methyl sites for hydroxylation is 2. The maximum atomic E-state index is 6.13. The van der Waals surface area contributed by atoms with Crippen LogP contribution in [0.4, 0.5) is 0 Å². The second-order valence-electron chi connectivity index (χ2n) is 4.15. The minimum absolute atomic E-state index is 0. The van der Waals surface area contributed by atoms with Gasteiger partial charge in [-0.2, -0.15) is 5.57 Å². The molecule has 0 bridgehead atoms. The van der Waals surface area contributed by atoms with Gasteiger partial charge < -0.3 is 0 Å². The zero-order chi connectivity index (χ0) is 11.5. The van der Waals surface area contributed by atoms with Gasteiger partial charge in [-0.05, 0) is 13.8 Å². The van der Waals surface area contributed by atoms with Crippen molar-refractivity contribution >= 4 is 5.57 Å². The molecule has 0 fully saturated rings. The summed E-state index contributed by atoms with van der Waals surface area (Å²) in [7, 11) is 0. The van der Waals surface area contributed by atoms with E-state index in [-0.39, 0.29) is 116 Å². The molecule has 2 aromatic carbocycles. The van der Waals surface area contributed by atoms with Gasteiger partial charge in [0.1, 0.15) is 0 Å². The van der Waals surface area contributed by atoms with E-state index in [1.165, 1.54) is 11.1 Å². The van der Waals surface area contributed by atoms with Crippen LogP contribution in [0.3, 0.4) is 0 Å². The molecule has 2 rings (SSSR count). The molecule has 0 heterocycles. The van der Waals surface area contributed by atoms with Crippen LogP contribution in [0.2, 0.25) is 0 Å². The Balaban J connectivity index is 0.00000144. The molecule has 2 aromatic rings. The van der Waals surface area contributed by atoms with Crippen molar-refractivity contribution in [3.05, 3.63) is 77.4 Å². The number of hydrogen-bond acceptors (Lipinski definition) is 0. The Hall–Kier alpha value is 1.79. The van der Waals surface area contributed by atoms with Gasteiger partial charge in [0.25, 0.3) is 0 Å². The van der Waals surface area contributed by atoms with Gasteiger partial charge in [-0.3, -0.25) is 0 Å². The van der Waals surface area contributed by atoms with Gasteiger partial charge in [0.15, 0.2) is 0 Å². The van der Waals surface area contributed by atoms with Gasteiger partial charge in [-0.25, -0.2) is 6.58 Å². The van der Waals surface area contributed by atoms with E-state index in [0.717, 1.165) is 16.7 Å². The van der Waals surface area contributed by atoms with Crippen LogP contribution in [-0.2, 0) is 0 Å². The summed E-state index contributed by atoms with van der Waals surface area (Å²) in [6.45, 7) is 10.3. The summed E-state index contributed by atoms with van der Waals surface area (Å²) in [6.07, 6.45) is 0. The molecule has 0 aromatic heterocycles. The Morgan fingerprint density at radius 1 is 0.667 bits per heavy atom. The van der Waals surface area contributed by atoms with Crippen molar-refractivity contribution in [2.45, 2.75) is 13.8 Å². The molecule has 0 aliphatic carbocycles. The maximum Gasteiger partial charge on any atom is 1.00 e. The van der Waals surface area contributed by atoms with Crippen molar-refractivity contribution in [1.29, 1.82) is 0 Å². The Bertz CT molecular complexity index is 448. The Kier molecular flexibility index (Phi) is 10.6. The molecule has 0 amide bonds. The van der Waals surface area contributed by atoms with E-state index in [9.17, 15) is 0 Å². The molecule has 0 aliphatic rings. The fourth-order valence-corrected chi connectivity index (χ4v) is 1.63. The summed E-state index contributed by atoms with van der Waals surface area (Å²) in [6, 6.07) is 16.6. The van der Waals surface area contributed by atoms with Gasteiger partial charge >= 0.3 is 116 Å². The minimum atomic E-state index is 0. The van der Waals surface area contributed by atoms with E-state index in [0.29, 0.717) is 0 Å². The Labute approximate surface area is 208 Å². The van der Waals surface area contributed by atoms with Gasteiger partial charge in [-0.1, -0.05) is 35.4 Å². The molecule has 0 unspecified atom stereocenters. The van der Waals surface area contributed by atoms with Crippen molar-refractivity contribution < 1.29 is 116 Å². The predicted molar refractivity (Wildman–Crippen MR) is 69.2 cm³/mol. The Morgan fingerprint density at radius 3 is 1.22 bits per heavy atom. The summed E-state index contributed by atoms with van der Waals surface area (Å²) in [5, 5.41) is 0. The molecule has 0 spiro atoms. The van der Waals surface area contributed by atoms with Crippen LogP contribution in [0.15, 0.2) is 48.5 Å². The first kappa shape index (κ1) is 19.8. The molecule has 18 heavy (non-hydrogen) atoms. The van der Waals surface area contributed by atoms with E-state index in [2.05, 4.69) is 62.4 Å². The van der Waals surface area contributed by atoms with Crippen LogP contribution in [-0.4, -0.2) is 0 Å². The summed E-state index contributed by atoms with van der Waals surface area (Å²) >= 11 is 0. The number of rotatable bonds is 2. The first-order valence-corrected chi connectivity index (χ1v) is 5.43. The van der Waals surface area contributed by atoms with Gasteiger partial charge in [-0.15, -0.1) is 35.4 Å². The quantitative estimate of drug-likeness (QED) is 0.540. The molecule has 0 atom stereocenters. The van der Waals surface area contributed by atoms with Crippen molar-refractivity contribution in [2.75, 3.05) is 0 Å². The third-order valence-electron chi connectivity index (χ3n) is 2.73. The molecular weight excluding hydrogens is 363 g/mol. The van der Waals surface area contributed by atoms with E-state index in [4.69, 9.17) is 6.58 Å². The second-order valence-corrected chi connectivity index (χ2v) is 4.15. The predicted octanol–water partition coefficient (Wildman–Crippen LogP) is -1.82. The first-order chi connectivity index (χ1) is 7.66. The molecule has 0 nitrogen and oxygen atoms in total. The normalized spacial score (nSPS) is 9.00. The summed E-state index contributed by atoms with van der Waals surface area (Å²) in [5.74, 6) is 0. The van der Waals surface area contributed by atoms with Gasteiger partial charge in [0.2, 0.25) is 0 Å². The fourth-order valence-electron chi connectivity index (χ4n) is 1.63. The standard InChI is InChI=1S/C16H15.2Rb/c1-12-4-8-15(9-5-12)14(3)16-10-6-13(2)7-11-16;;/h3-11H,1-2H3;;/q-1;2*+1. The Morgan fingerprint density at radius 2 is 0.944 bits per heavy atom. The van der Waals surface area contributed by atoms with E-state index >= 15 is 0 Å². The summed E-state index contributed by atoms with van der Waals surface area (Å²) in [4.78, 5) is 0. The zero-order valence-electron chi connectivity index (χ0n) is 11.7. The van der Waals surface area contributed by atoms with Gasteiger partial charge in [0.05, 0.1) is 0 Å². The third-order valence-corrected chi connectivity index (χ3v) is 2.73. The molecular formula is C16H15Rb2+. The van der Waals surface area contributed by atoms with Crippen molar-refractivity contribution in [3.8, 4) is 0 Å². The molecule has 0 N–H and O–H groups in total. The third kappa shape index (κ3) is 5.65. The largest absolute Gasteiger partial charge is 1.00 e. The molecule has 0 aliphatic heterocycles. The number of hydrogen-bond donors (Lipinski definition) is 0. The number of benzene rings is 2. The van der Waals surface area contributed by atoms with Crippen LogP contribution < -0.4 is 116 Å². The van der Waals surface area contributed by atoms with Gasteiger partial charge in [0, 0.05) is 0 Å².